The maximum Gasteiger partial charge on any atom is 0.262 e. The molecular weight excluding hydrogens is 517 g/mol. The van der Waals surface area contributed by atoms with Gasteiger partial charge in [-0.15, -0.1) is 0 Å². The van der Waals surface area contributed by atoms with Crippen molar-refractivity contribution in [3.05, 3.63) is 62.0 Å². The van der Waals surface area contributed by atoms with Gasteiger partial charge >= 0.3 is 0 Å². The lowest BCUT2D eigenvalue weighted by Crippen LogP contribution is -2.48. The fraction of sp³-hybridized carbons (Fsp3) is 0.348. The number of carbonyl (C=O) groups is 2. The predicted molar refractivity (Wildman–Crippen MR) is 133 cm³/mol. The number of unbranched alkanes of at least 4 members (excludes halogenated alkanes) is 1. The van der Waals surface area contributed by atoms with Crippen LogP contribution in [0.5, 0.6) is 5.75 Å². The minimum Gasteiger partial charge on any atom is -0.493 e. The number of ether oxygens (including phenoxy) is 1. The summed E-state index contributed by atoms with van der Waals surface area (Å²) in [6, 6.07) is 9.32. The van der Waals surface area contributed by atoms with Crippen LogP contribution in [0.2, 0.25) is 10.0 Å². The molecule has 0 saturated carbocycles. The van der Waals surface area contributed by atoms with E-state index in [1.165, 1.54) is 18.3 Å². The highest BCUT2D eigenvalue weighted by molar-refractivity contribution is 9.10. The third kappa shape index (κ3) is 7.80. The van der Waals surface area contributed by atoms with Gasteiger partial charge in [-0.2, -0.15) is 5.10 Å². The van der Waals surface area contributed by atoms with Crippen LogP contribution < -0.4 is 15.5 Å². The van der Waals surface area contributed by atoms with Crippen molar-refractivity contribution in [1.29, 1.82) is 0 Å². The summed E-state index contributed by atoms with van der Waals surface area (Å²) in [4.78, 5) is 25.3. The minimum atomic E-state index is -0.795. The van der Waals surface area contributed by atoms with Gasteiger partial charge in [-0.05, 0) is 48.7 Å². The quantitative estimate of drug-likeness (QED) is 0.225. The second-order valence-corrected chi connectivity index (χ2v) is 9.17. The van der Waals surface area contributed by atoms with E-state index in [0.717, 1.165) is 22.9 Å². The van der Waals surface area contributed by atoms with Crippen molar-refractivity contribution < 1.29 is 14.3 Å². The molecule has 0 heterocycles. The van der Waals surface area contributed by atoms with E-state index in [9.17, 15) is 9.59 Å². The average Bonchev–Trinajstić information content (AvgIpc) is 2.75. The van der Waals surface area contributed by atoms with Gasteiger partial charge in [-0.1, -0.05) is 66.3 Å². The first kappa shape index (κ1) is 26.2. The van der Waals surface area contributed by atoms with Crippen LogP contribution >= 0.6 is 39.1 Å². The van der Waals surface area contributed by atoms with Gasteiger partial charge in [0.15, 0.2) is 0 Å². The van der Waals surface area contributed by atoms with Crippen LogP contribution in [0, 0.1) is 5.92 Å². The highest BCUT2D eigenvalue weighted by atomic mass is 79.9. The number of nitrogens with one attached hydrogen (secondary N) is 2. The highest BCUT2D eigenvalue weighted by Gasteiger charge is 2.24. The molecule has 0 bridgehead atoms. The van der Waals surface area contributed by atoms with E-state index in [2.05, 4.69) is 38.7 Å². The van der Waals surface area contributed by atoms with Crippen molar-refractivity contribution in [3.63, 3.8) is 0 Å². The number of nitrogens with zero attached hydrogens (tertiary/aromatic N) is 1. The van der Waals surface area contributed by atoms with Crippen LogP contribution in [0.15, 0.2) is 46.0 Å². The molecule has 0 saturated heterocycles. The molecular formula is C23H26BrCl2N3O3. The van der Waals surface area contributed by atoms with Crippen molar-refractivity contribution >= 4 is 57.2 Å². The minimum absolute atomic E-state index is 0.171. The van der Waals surface area contributed by atoms with Gasteiger partial charge in [0.2, 0.25) is 0 Å². The van der Waals surface area contributed by atoms with Gasteiger partial charge < -0.3 is 10.1 Å². The summed E-state index contributed by atoms with van der Waals surface area (Å²) in [5, 5.41) is 7.40. The molecule has 0 aliphatic rings. The Hall–Kier alpha value is -2.09. The summed E-state index contributed by atoms with van der Waals surface area (Å²) >= 11 is 15.3. The maximum atomic E-state index is 12.7. The van der Waals surface area contributed by atoms with Crippen LogP contribution in [0.3, 0.4) is 0 Å². The Morgan fingerprint density at radius 1 is 1.16 bits per heavy atom. The van der Waals surface area contributed by atoms with Crippen molar-refractivity contribution in [2.45, 2.75) is 39.7 Å². The Bertz CT molecular complexity index is 983. The highest BCUT2D eigenvalue weighted by Crippen LogP contribution is 2.23. The SMILES string of the molecule is CCCCOc1ccc(Br)cc1C=NNC(=O)C(NC(=O)c1ccc(Cl)c(Cl)c1)C(C)C. The van der Waals surface area contributed by atoms with Gasteiger partial charge in [0.25, 0.3) is 11.8 Å². The van der Waals surface area contributed by atoms with Crippen LogP contribution in [0.4, 0.5) is 0 Å². The zero-order chi connectivity index (χ0) is 23.7. The number of hydrogen-bond donors (Lipinski definition) is 2. The van der Waals surface area contributed by atoms with E-state index >= 15 is 0 Å². The van der Waals surface area contributed by atoms with Gasteiger partial charge in [0.1, 0.15) is 11.8 Å². The first-order valence-electron chi connectivity index (χ1n) is 10.2. The summed E-state index contributed by atoms with van der Waals surface area (Å²) in [5.41, 5.74) is 3.53. The first-order chi connectivity index (χ1) is 15.2. The van der Waals surface area contributed by atoms with Gasteiger partial charge in [0.05, 0.1) is 22.9 Å². The van der Waals surface area contributed by atoms with Crippen LogP contribution in [0.25, 0.3) is 0 Å². The number of hydrogen-bond acceptors (Lipinski definition) is 4. The van der Waals surface area contributed by atoms with Crippen molar-refractivity contribution in [2.24, 2.45) is 11.0 Å². The summed E-state index contributed by atoms with van der Waals surface area (Å²) < 4.78 is 6.66. The lowest BCUT2D eigenvalue weighted by molar-refractivity contribution is -0.123. The fourth-order valence-corrected chi connectivity index (χ4v) is 3.39. The summed E-state index contributed by atoms with van der Waals surface area (Å²) in [6.45, 7) is 6.35. The van der Waals surface area contributed by atoms with Crippen molar-refractivity contribution in [3.8, 4) is 5.75 Å². The van der Waals surface area contributed by atoms with E-state index < -0.39 is 17.9 Å². The second kappa shape index (κ2) is 12.8. The lowest BCUT2D eigenvalue weighted by atomic mass is 10.0. The molecule has 9 heteroatoms. The van der Waals surface area contributed by atoms with Crippen LogP contribution in [-0.2, 0) is 4.79 Å². The number of rotatable bonds is 10. The number of hydrazone groups is 1. The molecule has 6 nitrogen and oxygen atoms in total. The summed E-state index contributed by atoms with van der Waals surface area (Å²) in [5.74, 6) is -0.364. The second-order valence-electron chi connectivity index (χ2n) is 7.44. The van der Waals surface area contributed by atoms with Crippen molar-refractivity contribution in [1.82, 2.24) is 10.7 Å². The first-order valence-corrected chi connectivity index (χ1v) is 11.8. The molecule has 0 spiro atoms. The standard InChI is InChI=1S/C23H26BrCl2N3O3/c1-4-5-10-32-20-9-7-17(24)11-16(20)13-27-29-23(31)21(14(2)3)28-22(30)15-6-8-18(25)19(26)12-15/h6-9,11-14,21H,4-5,10H2,1-3H3,(H,28,30)(H,29,31). The van der Waals surface area contributed by atoms with Crippen LogP contribution in [-0.4, -0.2) is 30.7 Å². The number of carbonyl (C=O) groups excluding carboxylic acids is 2. The Morgan fingerprint density at radius 3 is 2.56 bits per heavy atom. The monoisotopic (exact) mass is 541 g/mol. The molecule has 0 aliphatic heterocycles. The third-order valence-electron chi connectivity index (χ3n) is 4.52. The molecule has 0 fully saturated rings. The Kier molecular flexibility index (Phi) is 10.5. The van der Waals surface area contributed by atoms with E-state index in [1.807, 2.05) is 32.0 Å². The molecule has 2 rings (SSSR count). The summed E-state index contributed by atoms with van der Waals surface area (Å²) in [7, 11) is 0. The van der Waals surface area contributed by atoms with E-state index in [-0.39, 0.29) is 10.9 Å². The zero-order valence-corrected chi connectivity index (χ0v) is 21.2. The van der Waals surface area contributed by atoms with E-state index in [1.54, 1.807) is 6.07 Å². The van der Waals surface area contributed by atoms with Crippen molar-refractivity contribution in [2.75, 3.05) is 6.61 Å². The summed E-state index contributed by atoms with van der Waals surface area (Å²) in [6.07, 6.45) is 3.49. The zero-order valence-electron chi connectivity index (χ0n) is 18.1. The van der Waals surface area contributed by atoms with E-state index in [0.29, 0.717) is 22.9 Å². The molecule has 0 aromatic heterocycles. The number of halogens is 3. The largest absolute Gasteiger partial charge is 0.493 e. The molecule has 2 N–H and O–H groups in total. The molecule has 172 valence electrons. The molecule has 0 radical (unpaired) electrons. The van der Waals surface area contributed by atoms with Gasteiger partial charge in [0, 0.05) is 15.6 Å². The fourth-order valence-electron chi connectivity index (χ4n) is 2.71. The molecule has 32 heavy (non-hydrogen) atoms. The average molecular weight is 543 g/mol. The number of benzene rings is 2. The van der Waals surface area contributed by atoms with Gasteiger partial charge in [-0.25, -0.2) is 5.43 Å². The molecule has 2 aromatic rings. The molecule has 2 aromatic carbocycles. The smallest absolute Gasteiger partial charge is 0.262 e. The molecule has 2 amide bonds. The lowest BCUT2D eigenvalue weighted by Gasteiger charge is -2.20. The predicted octanol–water partition coefficient (Wildman–Crippen LogP) is 5.84. The Balaban J connectivity index is 2.07. The van der Waals surface area contributed by atoms with Crippen LogP contribution in [0.1, 0.15) is 49.5 Å². The van der Waals surface area contributed by atoms with E-state index in [4.69, 9.17) is 27.9 Å². The Morgan fingerprint density at radius 2 is 1.91 bits per heavy atom. The molecule has 1 unspecified atom stereocenters. The molecule has 1 atom stereocenters. The molecule has 0 aliphatic carbocycles. The normalized spacial score (nSPS) is 12.1. The Labute approximate surface area is 206 Å². The third-order valence-corrected chi connectivity index (χ3v) is 5.76. The van der Waals surface area contributed by atoms with Gasteiger partial charge in [-0.3, -0.25) is 9.59 Å². The maximum absolute atomic E-state index is 12.7. The number of amides is 2. The topological polar surface area (TPSA) is 79.8 Å².